The van der Waals surface area contributed by atoms with Gasteiger partial charge in [0, 0.05) is 75.0 Å². The molecule has 5 nitrogen and oxygen atoms in total. The Kier molecular flexibility index (Phi) is 10.1. The third kappa shape index (κ3) is 7.67. The fourth-order valence-corrected chi connectivity index (χ4v) is 10.9. The summed E-state index contributed by atoms with van der Waals surface area (Å²) in [6.45, 7) is 14.5. The van der Waals surface area contributed by atoms with Crippen LogP contribution in [0.4, 0.5) is 4.39 Å². The summed E-state index contributed by atoms with van der Waals surface area (Å²) in [7, 11) is -1.72. The molecular formula is C52H47FIrN4OSSi-2. The summed E-state index contributed by atoms with van der Waals surface area (Å²) >= 11 is 1.88. The first-order chi connectivity index (χ1) is 30.3. The van der Waals surface area contributed by atoms with Gasteiger partial charge in [0.1, 0.15) is 0 Å². The SMILES string of the molecule is Cc1c(-n2c(-c3[c-]ccc4c3oc3ncccc34)nc3ccccc32)ccc2c1sc1cc(C(C)C)ccc12.[2H]C([2H])([2H])c1c[c-]c(-c2cc(C([2H])(C)C)c([Si](C)(C)C)cn2)c(F)c1.[Ir]. The van der Waals surface area contributed by atoms with E-state index >= 15 is 0 Å². The van der Waals surface area contributed by atoms with Gasteiger partial charge in [-0.2, -0.15) is 0 Å². The molecule has 0 aliphatic carbocycles. The first-order valence-corrected chi connectivity index (χ1v) is 24.5. The molecule has 0 aliphatic heterocycles. The number of halogens is 1. The molecule has 0 saturated carbocycles. The Hall–Kier alpha value is -5.31. The number of hydrogen-bond donors (Lipinski definition) is 0. The summed E-state index contributed by atoms with van der Waals surface area (Å²) in [5.74, 6) is -0.201. The molecule has 0 aliphatic rings. The van der Waals surface area contributed by atoms with Gasteiger partial charge in [0.15, 0.2) is 0 Å². The predicted molar refractivity (Wildman–Crippen MR) is 252 cm³/mol. The molecule has 0 N–H and O–H groups in total. The van der Waals surface area contributed by atoms with Crippen molar-refractivity contribution in [3.8, 4) is 28.3 Å². The van der Waals surface area contributed by atoms with E-state index in [-0.39, 0.29) is 31.2 Å². The molecule has 10 rings (SSSR count). The molecular weight excluding hydrogens is 968 g/mol. The van der Waals surface area contributed by atoms with Crippen molar-refractivity contribution in [2.75, 3.05) is 0 Å². The van der Waals surface area contributed by atoms with Gasteiger partial charge >= 0.3 is 0 Å². The number of rotatable bonds is 6. The standard InChI is InChI=1S/C34H24N3OS.C18H23FNSi.Ir/c1-19(2)21-13-14-22-24-15-16-28(20(3)32(24)39-30(22)18-21)37-29-12-5-4-11-27(29)36-33(37)26-9-6-8-23-25-10-7-17-35-34(25)38-31(23)26;1-12(2)15-10-17(20-11-18(15)21(4,5)6)14-8-7-13(3)9-16(14)19;/h4-8,10-19H,1-3H3;7,9-12H,1-6H3;/q2*-1;/i;3D3,12D;. The number of hydrogen-bond acceptors (Lipinski definition) is 5. The Morgan fingerprint density at radius 2 is 1.67 bits per heavy atom. The maximum absolute atomic E-state index is 14.5. The molecule has 5 aromatic carbocycles. The summed E-state index contributed by atoms with van der Waals surface area (Å²) in [6, 6.07) is 37.9. The molecule has 0 unspecified atom stereocenters. The summed E-state index contributed by atoms with van der Waals surface area (Å²) in [5.41, 5.74) is 9.15. The number of fused-ring (bicyclic) bond motifs is 7. The zero-order valence-corrected chi connectivity index (χ0v) is 39.5. The normalized spacial score (nSPS) is 13.3. The van der Waals surface area contributed by atoms with Crippen LogP contribution in [-0.4, -0.2) is 27.6 Å². The van der Waals surface area contributed by atoms with Crippen LogP contribution in [0.3, 0.4) is 0 Å². The number of aromatic nitrogens is 4. The predicted octanol–water partition coefficient (Wildman–Crippen LogP) is 14.2. The molecule has 5 aromatic heterocycles. The minimum absolute atomic E-state index is 0. The van der Waals surface area contributed by atoms with Gasteiger partial charge in [-0.15, -0.1) is 53.3 Å². The minimum Gasteiger partial charge on any atom is -0.486 e. The first-order valence-electron chi connectivity index (χ1n) is 22.1. The molecule has 0 fully saturated rings. The van der Waals surface area contributed by atoms with E-state index in [1.165, 1.54) is 37.4 Å². The summed E-state index contributed by atoms with van der Waals surface area (Å²) in [5, 5.41) is 5.69. The van der Waals surface area contributed by atoms with Crippen LogP contribution in [0, 0.1) is 31.7 Å². The Balaban J connectivity index is 0.000000194. The third-order valence-electron chi connectivity index (χ3n) is 11.2. The van der Waals surface area contributed by atoms with Crippen LogP contribution in [-0.2, 0) is 20.1 Å². The van der Waals surface area contributed by atoms with Gasteiger partial charge < -0.3 is 14.0 Å². The number of para-hydroxylation sites is 2. The topological polar surface area (TPSA) is 56.7 Å². The molecule has 1 radical (unpaired) electrons. The van der Waals surface area contributed by atoms with Gasteiger partial charge in [-0.3, -0.25) is 9.37 Å². The average molecular weight is 1020 g/mol. The summed E-state index contributed by atoms with van der Waals surface area (Å²) < 4.78 is 56.2. The quantitative estimate of drug-likeness (QED) is 0.123. The van der Waals surface area contributed by atoms with Crippen LogP contribution in [0.2, 0.25) is 19.6 Å². The second kappa shape index (κ2) is 16.5. The molecule has 9 heteroatoms. The van der Waals surface area contributed by atoms with Crippen molar-refractivity contribution >= 4 is 77.9 Å². The van der Waals surface area contributed by atoms with Crippen LogP contribution >= 0.6 is 11.3 Å². The van der Waals surface area contributed by atoms with Crippen molar-refractivity contribution < 1.29 is 34.4 Å². The van der Waals surface area contributed by atoms with Crippen LogP contribution in [0.15, 0.2) is 114 Å². The second-order valence-corrected chi connectivity index (χ2v) is 23.0. The third-order valence-corrected chi connectivity index (χ3v) is 14.5. The van der Waals surface area contributed by atoms with Crippen molar-refractivity contribution in [1.82, 2.24) is 19.5 Å². The van der Waals surface area contributed by atoms with Crippen molar-refractivity contribution in [1.29, 1.82) is 0 Å². The molecule has 0 saturated heterocycles. The molecule has 10 aromatic rings. The van der Waals surface area contributed by atoms with Gasteiger partial charge in [0.05, 0.1) is 30.5 Å². The number of furan rings is 1. The van der Waals surface area contributed by atoms with E-state index in [0.717, 1.165) is 61.3 Å². The van der Waals surface area contributed by atoms with Crippen LogP contribution in [0.25, 0.3) is 81.6 Å². The Morgan fingerprint density at radius 3 is 2.43 bits per heavy atom. The monoisotopic (exact) mass is 1020 g/mol. The fraction of sp³-hybridized carbons (Fsp3) is 0.212. The van der Waals surface area contributed by atoms with E-state index in [9.17, 15) is 4.39 Å². The molecule has 0 amide bonds. The van der Waals surface area contributed by atoms with Crippen molar-refractivity contribution in [3.63, 3.8) is 0 Å². The number of aryl methyl sites for hydroxylation is 2. The van der Waals surface area contributed by atoms with Gasteiger partial charge in [-0.25, -0.2) is 4.98 Å². The summed E-state index contributed by atoms with van der Waals surface area (Å²) in [4.78, 5) is 14.0. The van der Waals surface area contributed by atoms with Gasteiger partial charge in [0.2, 0.25) is 5.71 Å². The average Bonchev–Trinajstić information content (AvgIpc) is 3.94. The number of benzene rings is 5. The molecule has 5 heterocycles. The second-order valence-electron chi connectivity index (χ2n) is 16.9. The molecule has 0 atom stereocenters. The van der Waals surface area contributed by atoms with E-state index in [1.807, 2.05) is 41.7 Å². The fourth-order valence-electron chi connectivity index (χ4n) is 8.03. The summed E-state index contributed by atoms with van der Waals surface area (Å²) in [6.07, 6.45) is 3.50. The number of nitrogens with zero attached hydrogens (tertiary/aromatic N) is 4. The van der Waals surface area contributed by atoms with E-state index < -0.39 is 26.6 Å². The molecule has 309 valence electrons. The van der Waals surface area contributed by atoms with Gasteiger partial charge in [-0.05, 0) is 77.1 Å². The number of pyridine rings is 2. The van der Waals surface area contributed by atoms with E-state index in [0.29, 0.717) is 17.3 Å². The van der Waals surface area contributed by atoms with Crippen LogP contribution < -0.4 is 5.19 Å². The van der Waals surface area contributed by atoms with Crippen molar-refractivity contribution in [3.05, 3.63) is 150 Å². The zero-order valence-electron chi connectivity index (χ0n) is 39.3. The van der Waals surface area contributed by atoms with Crippen LogP contribution in [0.5, 0.6) is 0 Å². The maximum atomic E-state index is 14.5. The van der Waals surface area contributed by atoms with Gasteiger partial charge in [-0.1, -0.05) is 113 Å². The Morgan fingerprint density at radius 1 is 0.869 bits per heavy atom. The minimum atomic E-state index is -2.38. The molecule has 0 spiro atoms. The zero-order chi connectivity index (χ0) is 45.5. The largest absolute Gasteiger partial charge is 0.486 e. The molecule has 61 heavy (non-hydrogen) atoms. The van der Waals surface area contributed by atoms with E-state index in [4.69, 9.17) is 14.9 Å². The van der Waals surface area contributed by atoms with Crippen LogP contribution in [0.1, 0.15) is 67.2 Å². The van der Waals surface area contributed by atoms with Crippen molar-refractivity contribution in [2.45, 2.75) is 72.9 Å². The molecule has 0 bridgehead atoms. The van der Waals surface area contributed by atoms with Crippen molar-refractivity contribution in [2.24, 2.45) is 0 Å². The number of thiophene rings is 1. The Labute approximate surface area is 380 Å². The number of imidazole rings is 1. The van der Waals surface area contributed by atoms with E-state index in [2.05, 4.69) is 116 Å². The first kappa shape index (κ1) is 37.4. The maximum Gasteiger partial charge on any atom is 0.216 e. The Bertz CT molecular complexity index is 3440. The van der Waals surface area contributed by atoms with Gasteiger partial charge in [0.25, 0.3) is 0 Å². The van der Waals surface area contributed by atoms with E-state index in [1.54, 1.807) is 32.3 Å². The smallest absolute Gasteiger partial charge is 0.216 e.